The first-order chi connectivity index (χ1) is 12.2. The molecule has 2 fully saturated rings. The topological polar surface area (TPSA) is 74.7 Å². The normalized spacial score (nSPS) is 23.5. The molecule has 6 nitrogen and oxygen atoms in total. The van der Waals surface area contributed by atoms with Crippen LogP contribution < -0.4 is 10.2 Å². The number of nitrogens with zero attached hydrogens (tertiary/aromatic N) is 2. The van der Waals surface area contributed by atoms with Gasteiger partial charge in [0.05, 0.1) is 6.61 Å². The van der Waals surface area contributed by atoms with Gasteiger partial charge in [-0.05, 0) is 50.7 Å². The van der Waals surface area contributed by atoms with E-state index in [4.69, 9.17) is 4.74 Å². The minimum Gasteiger partial charge on any atom is -0.396 e. The van der Waals surface area contributed by atoms with Gasteiger partial charge in [-0.3, -0.25) is 4.79 Å². The number of hydrogen-bond donors (Lipinski definition) is 2. The highest BCUT2D eigenvalue weighted by Gasteiger charge is 2.35. The average molecular weight is 347 g/mol. The maximum absolute atomic E-state index is 12.3. The smallest absolute Gasteiger partial charge is 0.251 e. The number of nitrogens with one attached hydrogen (secondary N) is 1. The van der Waals surface area contributed by atoms with Gasteiger partial charge >= 0.3 is 0 Å². The van der Waals surface area contributed by atoms with Gasteiger partial charge in [0.2, 0.25) is 0 Å². The molecule has 1 amide bonds. The minimum absolute atomic E-state index is 0.0170. The molecule has 2 N–H and O–H groups in total. The van der Waals surface area contributed by atoms with E-state index in [1.165, 1.54) is 0 Å². The zero-order chi connectivity index (χ0) is 17.7. The van der Waals surface area contributed by atoms with E-state index in [0.29, 0.717) is 11.6 Å². The number of aliphatic hydroxyl groups excluding tert-OH is 1. The summed E-state index contributed by atoms with van der Waals surface area (Å²) >= 11 is 0. The van der Waals surface area contributed by atoms with Crippen molar-refractivity contribution in [2.75, 3.05) is 38.3 Å². The number of amides is 1. The molecular formula is C19H29N3O3. The lowest BCUT2D eigenvalue weighted by atomic mass is 9.77. The number of anilines is 1. The van der Waals surface area contributed by atoms with Gasteiger partial charge in [0.1, 0.15) is 5.82 Å². The molecule has 1 saturated carbocycles. The Morgan fingerprint density at radius 2 is 2.36 bits per heavy atom. The fourth-order valence-corrected chi connectivity index (χ4v) is 3.64. The first-order valence-electron chi connectivity index (χ1n) is 9.27. The number of aliphatic hydroxyl groups is 1. The van der Waals surface area contributed by atoms with Gasteiger partial charge in [0, 0.05) is 50.0 Å². The largest absolute Gasteiger partial charge is 0.396 e. The molecule has 1 aromatic rings. The molecule has 0 spiro atoms. The summed E-state index contributed by atoms with van der Waals surface area (Å²) in [7, 11) is 1.71. The first-order valence-corrected chi connectivity index (χ1v) is 9.27. The van der Waals surface area contributed by atoms with Crippen molar-refractivity contribution in [2.24, 2.45) is 5.41 Å². The molecule has 1 aromatic heterocycles. The van der Waals surface area contributed by atoms with Crippen LogP contribution in [-0.4, -0.2) is 55.5 Å². The standard InChI is InChI=1S/C19H29N3O3/c1-25-11-3-8-19(14-23)7-2-10-22(13-19)17-12-15(6-9-20-17)18(24)21-16-4-5-16/h6,9,12,16,23H,2-5,7-8,10-11,13-14H2,1H3,(H,21,24)/t19-/m0/s1. The summed E-state index contributed by atoms with van der Waals surface area (Å²) in [6, 6.07) is 3.99. The van der Waals surface area contributed by atoms with E-state index < -0.39 is 0 Å². The summed E-state index contributed by atoms with van der Waals surface area (Å²) in [5.74, 6) is 0.810. The highest BCUT2D eigenvalue weighted by molar-refractivity contribution is 5.95. The number of rotatable bonds is 8. The molecule has 0 bridgehead atoms. The summed E-state index contributed by atoms with van der Waals surface area (Å²) in [6.45, 7) is 2.58. The number of ether oxygens (including phenoxy) is 1. The number of carbonyl (C=O) groups excluding carboxylic acids is 1. The summed E-state index contributed by atoms with van der Waals surface area (Å²) in [5, 5.41) is 13.0. The van der Waals surface area contributed by atoms with Crippen molar-refractivity contribution in [3.8, 4) is 0 Å². The Morgan fingerprint density at radius 3 is 3.08 bits per heavy atom. The predicted molar refractivity (Wildman–Crippen MR) is 96.8 cm³/mol. The molecule has 25 heavy (non-hydrogen) atoms. The van der Waals surface area contributed by atoms with Crippen molar-refractivity contribution in [3.63, 3.8) is 0 Å². The Hall–Kier alpha value is -1.66. The highest BCUT2D eigenvalue weighted by atomic mass is 16.5. The first kappa shape index (κ1) is 18.1. The SMILES string of the molecule is COCCC[C@@]1(CO)CCCN(c2cc(C(=O)NC3CC3)ccn2)C1. The van der Waals surface area contributed by atoms with Crippen LogP contribution in [0.1, 0.15) is 48.9 Å². The van der Waals surface area contributed by atoms with Gasteiger partial charge < -0.3 is 20.1 Å². The number of methoxy groups -OCH3 is 1. The Labute approximate surface area is 149 Å². The van der Waals surface area contributed by atoms with E-state index in [-0.39, 0.29) is 17.9 Å². The van der Waals surface area contributed by atoms with Gasteiger partial charge in [-0.1, -0.05) is 0 Å². The lowest BCUT2D eigenvalue weighted by Gasteiger charge is -2.42. The molecule has 2 aliphatic rings. The molecule has 1 atom stereocenters. The molecule has 1 saturated heterocycles. The Morgan fingerprint density at radius 1 is 1.52 bits per heavy atom. The van der Waals surface area contributed by atoms with Crippen molar-refractivity contribution in [3.05, 3.63) is 23.9 Å². The van der Waals surface area contributed by atoms with E-state index in [0.717, 1.165) is 64.0 Å². The van der Waals surface area contributed by atoms with Crippen LogP contribution in [0.3, 0.4) is 0 Å². The Balaban J connectivity index is 1.68. The second-order valence-corrected chi connectivity index (χ2v) is 7.43. The van der Waals surface area contributed by atoms with Crippen molar-refractivity contribution < 1.29 is 14.6 Å². The number of hydrogen-bond acceptors (Lipinski definition) is 5. The quantitative estimate of drug-likeness (QED) is 0.704. The number of carbonyl (C=O) groups is 1. The molecule has 0 radical (unpaired) electrons. The van der Waals surface area contributed by atoms with E-state index in [9.17, 15) is 9.90 Å². The minimum atomic E-state index is -0.106. The monoisotopic (exact) mass is 347 g/mol. The zero-order valence-electron chi connectivity index (χ0n) is 15.0. The molecular weight excluding hydrogens is 318 g/mol. The Kier molecular flexibility index (Phi) is 5.91. The molecule has 1 aliphatic carbocycles. The molecule has 0 unspecified atom stereocenters. The Bertz CT molecular complexity index is 591. The second kappa shape index (κ2) is 8.15. The number of pyridine rings is 1. The zero-order valence-corrected chi connectivity index (χ0v) is 15.0. The maximum Gasteiger partial charge on any atom is 0.251 e. The maximum atomic E-state index is 12.3. The van der Waals surface area contributed by atoms with Gasteiger partial charge in [-0.25, -0.2) is 4.98 Å². The second-order valence-electron chi connectivity index (χ2n) is 7.43. The fraction of sp³-hybridized carbons (Fsp3) is 0.684. The molecule has 138 valence electrons. The van der Waals surface area contributed by atoms with Crippen molar-refractivity contribution in [1.29, 1.82) is 0 Å². The van der Waals surface area contributed by atoms with Crippen LogP contribution >= 0.6 is 0 Å². The van der Waals surface area contributed by atoms with E-state index >= 15 is 0 Å². The molecule has 6 heteroatoms. The van der Waals surface area contributed by atoms with Gasteiger partial charge in [-0.15, -0.1) is 0 Å². The molecule has 3 rings (SSSR count). The number of aromatic nitrogens is 1. The van der Waals surface area contributed by atoms with Crippen LogP contribution in [0.4, 0.5) is 5.82 Å². The van der Waals surface area contributed by atoms with E-state index in [2.05, 4.69) is 15.2 Å². The van der Waals surface area contributed by atoms with Crippen LogP contribution in [0.15, 0.2) is 18.3 Å². The summed E-state index contributed by atoms with van der Waals surface area (Å²) in [4.78, 5) is 19.0. The summed E-state index contributed by atoms with van der Waals surface area (Å²) in [6.07, 6.45) is 7.79. The highest BCUT2D eigenvalue weighted by Crippen LogP contribution is 2.36. The molecule has 0 aromatic carbocycles. The lowest BCUT2D eigenvalue weighted by Crippen LogP contribution is -2.46. The van der Waals surface area contributed by atoms with Crippen molar-refractivity contribution in [2.45, 2.75) is 44.6 Å². The third-order valence-electron chi connectivity index (χ3n) is 5.30. The number of piperidine rings is 1. The fourth-order valence-electron chi connectivity index (χ4n) is 3.64. The summed E-state index contributed by atoms with van der Waals surface area (Å²) < 4.78 is 5.16. The van der Waals surface area contributed by atoms with Crippen LogP contribution in [0.25, 0.3) is 0 Å². The van der Waals surface area contributed by atoms with E-state index in [1.807, 2.05) is 6.07 Å². The van der Waals surface area contributed by atoms with Gasteiger partial charge in [0.15, 0.2) is 0 Å². The third-order valence-corrected chi connectivity index (χ3v) is 5.30. The van der Waals surface area contributed by atoms with E-state index in [1.54, 1.807) is 19.4 Å². The van der Waals surface area contributed by atoms with Crippen LogP contribution in [0.5, 0.6) is 0 Å². The summed E-state index contributed by atoms with van der Waals surface area (Å²) in [5.41, 5.74) is 0.557. The van der Waals surface area contributed by atoms with Crippen LogP contribution in [0, 0.1) is 5.41 Å². The van der Waals surface area contributed by atoms with Crippen LogP contribution in [-0.2, 0) is 4.74 Å². The average Bonchev–Trinajstić information content (AvgIpc) is 3.46. The molecule has 1 aliphatic heterocycles. The van der Waals surface area contributed by atoms with Gasteiger partial charge in [-0.2, -0.15) is 0 Å². The van der Waals surface area contributed by atoms with Crippen molar-refractivity contribution >= 4 is 11.7 Å². The van der Waals surface area contributed by atoms with Gasteiger partial charge in [0.25, 0.3) is 5.91 Å². The predicted octanol–water partition coefficient (Wildman–Crippen LogP) is 1.98. The van der Waals surface area contributed by atoms with Crippen molar-refractivity contribution in [1.82, 2.24) is 10.3 Å². The molecule has 2 heterocycles. The van der Waals surface area contributed by atoms with Crippen LogP contribution in [0.2, 0.25) is 0 Å². The lowest BCUT2D eigenvalue weighted by molar-refractivity contribution is 0.0820. The third kappa shape index (κ3) is 4.70.